The molecule has 2 unspecified atom stereocenters. The standard InChI is InChI=1S/C7H10N2S/c8-7-9-5-3-1-2-4-6(5)10-7/h1-2,5-6H,3-4H2,(H2,8,9). The Morgan fingerprint density at radius 1 is 1.50 bits per heavy atom. The molecule has 0 amide bonds. The van der Waals surface area contributed by atoms with Crippen LogP contribution in [0.3, 0.4) is 0 Å². The van der Waals surface area contributed by atoms with Crippen LogP contribution in [-0.2, 0) is 0 Å². The van der Waals surface area contributed by atoms with E-state index in [9.17, 15) is 0 Å². The second-order valence-electron chi connectivity index (χ2n) is 2.68. The summed E-state index contributed by atoms with van der Waals surface area (Å²) in [6.45, 7) is 0. The highest BCUT2D eigenvalue weighted by molar-refractivity contribution is 8.14. The lowest BCUT2D eigenvalue weighted by molar-refractivity contribution is 0.585. The number of hydrogen-bond donors (Lipinski definition) is 2. The highest BCUT2D eigenvalue weighted by Gasteiger charge is 2.30. The first kappa shape index (κ1) is 6.28. The second-order valence-corrected chi connectivity index (χ2v) is 3.93. The van der Waals surface area contributed by atoms with Crippen LogP contribution in [0, 0.1) is 5.41 Å². The van der Waals surface area contributed by atoms with Gasteiger partial charge in [0.1, 0.15) is 0 Å². The lowest BCUT2D eigenvalue weighted by atomic mass is 10.0. The average Bonchev–Trinajstić information content (AvgIpc) is 2.27. The van der Waals surface area contributed by atoms with Crippen LogP contribution in [0.15, 0.2) is 12.2 Å². The van der Waals surface area contributed by atoms with Gasteiger partial charge in [-0.3, -0.25) is 5.41 Å². The summed E-state index contributed by atoms with van der Waals surface area (Å²) < 4.78 is 0. The lowest BCUT2D eigenvalue weighted by Gasteiger charge is -2.17. The minimum absolute atomic E-state index is 0.544. The normalized spacial score (nSPS) is 37.4. The molecule has 1 heterocycles. The maximum Gasteiger partial charge on any atom is 0.154 e. The van der Waals surface area contributed by atoms with Gasteiger partial charge in [0.05, 0.1) is 0 Å². The summed E-state index contributed by atoms with van der Waals surface area (Å²) in [5.41, 5.74) is 0. The molecule has 2 rings (SSSR count). The summed E-state index contributed by atoms with van der Waals surface area (Å²) in [6.07, 6.45) is 6.65. The van der Waals surface area contributed by atoms with Crippen molar-refractivity contribution < 1.29 is 0 Å². The van der Waals surface area contributed by atoms with Crippen LogP contribution >= 0.6 is 11.8 Å². The molecule has 0 spiro atoms. The van der Waals surface area contributed by atoms with Crippen molar-refractivity contribution in [2.24, 2.45) is 0 Å². The molecule has 0 saturated carbocycles. The molecule has 54 valence electrons. The molecule has 0 aromatic rings. The van der Waals surface area contributed by atoms with E-state index in [1.165, 1.54) is 0 Å². The first-order valence-electron chi connectivity index (χ1n) is 3.53. The molecule has 2 aliphatic rings. The van der Waals surface area contributed by atoms with Gasteiger partial charge in [-0.1, -0.05) is 23.9 Å². The van der Waals surface area contributed by atoms with Crippen molar-refractivity contribution in [3.63, 3.8) is 0 Å². The Balaban J connectivity index is 2.11. The maximum atomic E-state index is 7.37. The molecule has 2 atom stereocenters. The number of nitrogens with one attached hydrogen (secondary N) is 2. The van der Waals surface area contributed by atoms with E-state index in [4.69, 9.17) is 5.41 Å². The fourth-order valence-corrected chi connectivity index (χ4v) is 2.50. The fraction of sp³-hybridized carbons (Fsp3) is 0.571. The van der Waals surface area contributed by atoms with Crippen molar-refractivity contribution in [1.29, 1.82) is 5.41 Å². The molecular weight excluding hydrogens is 144 g/mol. The van der Waals surface area contributed by atoms with Gasteiger partial charge < -0.3 is 5.32 Å². The number of rotatable bonds is 0. The highest BCUT2D eigenvalue weighted by atomic mass is 32.2. The van der Waals surface area contributed by atoms with Crippen LogP contribution < -0.4 is 5.32 Å². The largest absolute Gasteiger partial charge is 0.361 e. The van der Waals surface area contributed by atoms with Crippen LogP contribution in [0.5, 0.6) is 0 Å². The third-order valence-electron chi connectivity index (χ3n) is 1.96. The molecule has 1 aliphatic heterocycles. The lowest BCUT2D eigenvalue weighted by Crippen LogP contribution is -2.31. The summed E-state index contributed by atoms with van der Waals surface area (Å²) in [5, 5.41) is 11.8. The smallest absolute Gasteiger partial charge is 0.154 e. The molecule has 2 nitrogen and oxygen atoms in total. The van der Waals surface area contributed by atoms with Gasteiger partial charge in [-0.25, -0.2) is 0 Å². The fourth-order valence-electron chi connectivity index (χ4n) is 1.43. The summed E-state index contributed by atoms with van der Waals surface area (Å²) in [4.78, 5) is 0. The molecule has 0 bridgehead atoms. The van der Waals surface area contributed by atoms with Crippen molar-refractivity contribution in [1.82, 2.24) is 5.32 Å². The average molecular weight is 154 g/mol. The molecular formula is C7H10N2S. The summed E-state index contributed by atoms with van der Waals surface area (Å²) >= 11 is 1.67. The predicted octanol–water partition coefficient (Wildman–Crippen LogP) is 1.34. The summed E-state index contributed by atoms with van der Waals surface area (Å²) in [5.74, 6) is 0. The van der Waals surface area contributed by atoms with Crippen molar-refractivity contribution in [2.45, 2.75) is 24.1 Å². The highest BCUT2D eigenvalue weighted by Crippen LogP contribution is 2.30. The minimum atomic E-state index is 0.544. The Kier molecular flexibility index (Phi) is 1.45. The molecule has 1 fully saturated rings. The zero-order valence-electron chi connectivity index (χ0n) is 5.63. The van der Waals surface area contributed by atoms with Crippen LogP contribution in [0.1, 0.15) is 12.8 Å². The van der Waals surface area contributed by atoms with Gasteiger partial charge in [0.2, 0.25) is 0 Å². The van der Waals surface area contributed by atoms with Gasteiger partial charge in [0.15, 0.2) is 5.17 Å². The van der Waals surface area contributed by atoms with Crippen LogP contribution in [0.2, 0.25) is 0 Å². The van der Waals surface area contributed by atoms with E-state index < -0.39 is 0 Å². The second kappa shape index (κ2) is 2.31. The third-order valence-corrected chi connectivity index (χ3v) is 3.14. The molecule has 10 heavy (non-hydrogen) atoms. The van der Waals surface area contributed by atoms with E-state index in [-0.39, 0.29) is 0 Å². The van der Waals surface area contributed by atoms with E-state index in [1.807, 2.05) is 0 Å². The van der Waals surface area contributed by atoms with E-state index in [1.54, 1.807) is 11.8 Å². The van der Waals surface area contributed by atoms with E-state index in [0.29, 0.717) is 16.5 Å². The molecule has 2 N–H and O–H groups in total. The number of amidine groups is 1. The predicted molar refractivity (Wildman–Crippen MR) is 44.4 cm³/mol. The van der Waals surface area contributed by atoms with E-state index in [0.717, 1.165) is 12.8 Å². The van der Waals surface area contributed by atoms with Gasteiger partial charge >= 0.3 is 0 Å². The van der Waals surface area contributed by atoms with Gasteiger partial charge in [0, 0.05) is 11.3 Å². The molecule has 0 aromatic carbocycles. The number of hydrogen-bond acceptors (Lipinski definition) is 2. The quantitative estimate of drug-likeness (QED) is 0.517. The van der Waals surface area contributed by atoms with Crippen LogP contribution in [0.25, 0.3) is 0 Å². The number of allylic oxidation sites excluding steroid dienone is 1. The van der Waals surface area contributed by atoms with Gasteiger partial charge in [0.25, 0.3) is 0 Å². The van der Waals surface area contributed by atoms with Crippen LogP contribution in [-0.4, -0.2) is 16.5 Å². The minimum Gasteiger partial charge on any atom is -0.361 e. The summed E-state index contributed by atoms with van der Waals surface area (Å²) in [6, 6.07) is 0.544. The monoisotopic (exact) mass is 154 g/mol. The van der Waals surface area contributed by atoms with Gasteiger partial charge in [-0.05, 0) is 12.8 Å². The first-order chi connectivity index (χ1) is 4.86. The third kappa shape index (κ3) is 0.944. The van der Waals surface area contributed by atoms with Gasteiger partial charge in [-0.15, -0.1) is 0 Å². The number of fused-ring (bicyclic) bond motifs is 1. The first-order valence-corrected chi connectivity index (χ1v) is 4.41. The Bertz CT molecular complexity index is 170. The molecule has 0 radical (unpaired) electrons. The topological polar surface area (TPSA) is 35.9 Å². The molecule has 0 aromatic heterocycles. The van der Waals surface area contributed by atoms with Crippen molar-refractivity contribution in [3.05, 3.63) is 12.2 Å². The van der Waals surface area contributed by atoms with Crippen molar-refractivity contribution in [3.8, 4) is 0 Å². The Morgan fingerprint density at radius 2 is 2.30 bits per heavy atom. The van der Waals surface area contributed by atoms with E-state index in [2.05, 4.69) is 17.5 Å². The Hall–Kier alpha value is -0.440. The Morgan fingerprint density at radius 3 is 3.10 bits per heavy atom. The molecule has 1 saturated heterocycles. The molecule has 3 heteroatoms. The van der Waals surface area contributed by atoms with Crippen LogP contribution in [0.4, 0.5) is 0 Å². The number of thioether (sulfide) groups is 1. The zero-order chi connectivity index (χ0) is 6.97. The Labute approximate surface area is 64.6 Å². The zero-order valence-corrected chi connectivity index (χ0v) is 6.45. The SMILES string of the molecule is N=C1NC2CC=CCC2S1. The van der Waals surface area contributed by atoms with Crippen molar-refractivity contribution >= 4 is 16.9 Å². The molecule has 1 aliphatic carbocycles. The summed E-state index contributed by atoms with van der Waals surface area (Å²) in [7, 11) is 0. The van der Waals surface area contributed by atoms with Crippen molar-refractivity contribution in [2.75, 3.05) is 0 Å². The maximum absolute atomic E-state index is 7.37. The van der Waals surface area contributed by atoms with E-state index >= 15 is 0 Å². The van der Waals surface area contributed by atoms with Gasteiger partial charge in [-0.2, -0.15) is 0 Å².